The fourth-order valence-electron chi connectivity index (χ4n) is 6.24. The van der Waals surface area contributed by atoms with Gasteiger partial charge in [0.25, 0.3) is 5.91 Å². The SMILES string of the molecule is CN(C)c1ccc2oc(C(=O)N[C@H](Cc3ccc(Cl)cc3)C(=O)N3CCN(c4ccccc4CN4CCCC4=O)CC3)cc(=O)c2c1. The number of hydrogen-bond donors (Lipinski definition) is 1. The van der Waals surface area contributed by atoms with Crippen LogP contribution in [0, 0.1) is 0 Å². The molecule has 0 saturated carbocycles. The van der Waals surface area contributed by atoms with Gasteiger partial charge in [0.15, 0.2) is 11.2 Å². The van der Waals surface area contributed by atoms with E-state index >= 15 is 0 Å². The zero-order valence-corrected chi connectivity index (χ0v) is 27.3. The van der Waals surface area contributed by atoms with Gasteiger partial charge in [-0.3, -0.25) is 19.2 Å². The highest BCUT2D eigenvalue weighted by Crippen LogP contribution is 2.26. The lowest BCUT2D eigenvalue weighted by Crippen LogP contribution is -2.55. The highest BCUT2D eigenvalue weighted by atomic mass is 35.5. The van der Waals surface area contributed by atoms with Crippen LogP contribution in [0.2, 0.25) is 5.02 Å². The Morgan fingerprint density at radius 1 is 0.936 bits per heavy atom. The molecule has 3 aromatic carbocycles. The largest absolute Gasteiger partial charge is 0.451 e. The summed E-state index contributed by atoms with van der Waals surface area (Å²) in [5.74, 6) is -0.836. The lowest BCUT2D eigenvalue weighted by molar-refractivity contribution is -0.133. The molecule has 11 heteroatoms. The van der Waals surface area contributed by atoms with Crippen LogP contribution in [-0.2, 0) is 22.6 Å². The lowest BCUT2D eigenvalue weighted by Gasteiger charge is -2.38. The number of halogens is 1. The Hall–Kier alpha value is -4.83. The number of rotatable bonds is 9. The van der Waals surface area contributed by atoms with Gasteiger partial charge in [0.1, 0.15) is 11.6 Å². The number of carbonyl (C=O) groups excluding carboxylic acids is 3. The van der Waals surface area contributed by atoms with Crippen LogP contribution in [0.4, 0.5) is 11.4 Å². The number of nitrogens with zero attached hydrogens (tertiary/aromatic N) is 4. The molecule has 2 saturated heterocycles. The van der Waals surface area contributed by atoms with E-state index in [0.29, 0.717) is 55.1 Å². The van der Waals surface area contributed by atoms with E-state index in [9.17, 15) is 19.2 Å². The average Bonchev–Trinajstić information content (AvgIpc) is 3.48. The predicted molar refractivity (Wildman–Crippen MR) is 183 cm³/mol. The van der Waals surface area contributed by atoms with E-state index in [4.69, 9.17) is 16.0 Å². The van der Waals surface area contributed by atoms with Gasteiger partial charge >= 0.3 is 0 Å². The molecular formula is C36H38ClN5O5. The number of piperazine rings is 1. The van der Waals surface area contributed by atoms with Gasteiger partial charge in [0.2, 0.25) is 11.8 Å². The number of fused-ring (bicyclic) bond motifs is 1. The van der Waals surface area contributed by atoms with Gasteiger partial charge in [0, 0.05) is 88.7 Å². The molecule has 3 heterocycles. The zero-order valence-electron chi connectivity index (χ0n) is 26.6. The fraction of sp³-hybridized carbons (Fsp3) is 0.333. The number of carbonyl (C=O) groups is 3. The van der Waals surface area contributed by atoms with E-state index in [2.05, 4.69) is 22.3 Å². The molecule has 2 aliphatic rings. The van der Waals surface area contributed by atoms with Crippen molar-refractivity contribution in [1.82, 2.24) is 15.1 Å². The van der Waals surface area contributed by atoms with Crippen LogP contribution >= 0.6 is 11.6 Å². The minimum Gasteiger partial charge on any atom is -0.451 e. The van der Waals surface area contributed by atoms with Crippen molar-refractivity contribution in [3.8, 4) is 0 Å². The maximum absolute atomic E-state index is 14.0. The van der Waals surface area contributed by atoms with Crippen molar-refractivity contribution in [3.05, 3.63) is 105 Å². The topological polar surface area (TPSA) is 106 Å². The second kappa shape index (κ2) is 13.9. The smallest absolute Gasteiger partial charge is 0.287 e. The molecule has 0 bridgehead atoms. The summed E-state index contributed by atoms with van der Waals surface area (Å²) in [6.07, 6.45) is 1.72. The molecule has 6 rings (SSSR count). The molecule has 0 spiro atoms. The quantitative estimate of drug-likeness (QED) is 0.286. The van der Waals surface area contributed by atoms with Gasteiger partial charge in [-0.2, -0.15) is 0 Å². The molecule has 1 aromatic heterocycles. The van der Waals surface area contributed by atoms with E-state index in [1.54, 1.807) is 29.2 Å². The summed E-state index contributed by atoms with van der Waals surface area (Å²) in [5.41, 5.74) is 3.76. The maximum Gasteiger partial charge on any atom is 0.287 e. The Balaban J connectivity index is 1.18. The van der Waals surface area contributed by atoms with E-state index < -0.39 is 11.9 Å². The summed E-state index contributed by atoms with van der Waals surface area (Å²) in [5, 5.41) is 3.80. The predicted octanol–water partition coefficient (Wildman–Crippen LogP) is 4.32. The Morgan fingerprint density at radius 3 is 2.38 bits per heavy atom. The van der Waals surface area contributed by atoms with Crippen molar-refractivity contribution >= 4 is 51.7 Å². The van der Waals surface area contributed by atoms with Gasteiger partial charge in [0.05, 0.1) is 5.39 Å². The number of nitrogens with one attached hydrogen (secondary N) is 1. The Labute approximate surface area is 278 Å². The first kappa shape index (κ1) is 32.1. The van der Waals surface area contributed by atoms with Crippen LogP contribution in [0.1, 0.15) is 34.5 Å². The number of para-hydroxylation sites is 1. The van der Waals surface area contributed by atoms with Crippen molar-refractivity contribution < 1.29 is 18.8 Å². The highest BCUT2D eigenvalue weighted by Gasteiger charge is 2.31. The van der Waals surface area contributed by atoms with Crippen molar-refractivity contribution in [2.24, 2.45) is 0 Å². The van der Waals surface area contributed by atoms with Crippen LogP contribution < -0.4 is 20.5 Å². The molecule has 2 aliphatic heterocycles. The lowest BCUT2D eigenvalue weighted by atomic mass is 10.0. The molecule has 0 aliphatic carbocycles. The Morgan fingerprint density at radius 2 is 1.68 bits per heavy atom. The number of amides is 3. The summed E-state index contributed by atoms with van der Waals surface area (Å²) < 4.78 is 5.86. The first-order valence-electron chi connectivity index (χ1n) is 15.9. The second-order valence-electron chi connectivity index (χ2n) is 12.3. The van der Waals surface area contributed by atoms with E-state index in [-0.39, 0.29) is 29.4 Å². The van der Waals surface area contributed by atoms with E-state index in [1.807, 2.05) is 54.2 Å². The van der Waals surface area contributed by atoms with Crippen LogP contribution in [0.25, 0.3) is 11.0 Å². The summed E-state index contributed by atoms with van der Waals surface area (Å²) >= 11 is 6.10. The van der Waals surface area contributed by atoms with Crippen LogP contribution in [0.5, 0.6) is 0 Å². The summed E-state index contributed by atoms with van der Waals surface area (Å²) in [7, 11) is 3.75. The average molecular weight is 656 g/mol. The van der Waals surface area contributed by atoms with E-state index in [0.717, 1.165) is 35.5 Å². The summed E-state index contributed by atoms with van der Waals surface area (Å²) in [4.78, 5) is 60.6. The monoisotopic (exact) mass is 655 g/mol. The first-order valence-corrected chi connectivity index (χ1v) is 16.2. The normalized spacial score (nSPS) is 15.6. The van der Waals surface area contributed by atoms with Gasteiger partial charge in [-0.05, 0) is 53.9 Å². The molecule has 10 nitrogen and oxygen atoms in total. The molecule has 0 unspecified atom stereocenters. The van der Waals surface area contributed by atoms with Gasteiger partial charge < -0.3 is 29.3 Å². The molecule has 4 aromatic rings. The van der Waals surface area contributed by atoms with Gasteiger partial charge in [-0.25, -0.2) is 0 Å². The van der Waals surface area contributed by atoms with Gasteiger partial charge in [-0.15, -0.1) is 0 Å². The zero-order chi connectivity index (χ0) is 33.1. The highest BCUT2D eigenvalue weighted by molar-refractivity contribution is 6.30. The van der Waals surface area contributed by atoms with Crippen molar-refractivity contribution in [3.63, 3.8) is 0 Å². The third kappa shape index (κ3) is 7.28. The first-order chi connectivity index (χ1) is 22.7. The van der Waals surface area contributed by atoms with E-state index in [1.165, 1.54) is 6.07 Å². The van der Waals surface area contributed by atoms with Crippen LogP contribution in [0.3, 0.4) is 0 Å². The van der Waals surface area contributed by atoms with Crippen molar-refractivity contribution in [2.45, 2.75) is 31.8 Å². The van der Waals surface area contributed by atoms with Crippen molar-refractivity contribution in [2.75, 3.05) is 56.6 Å². The van der Waals surface area contributed by atoms with Crippen LogP contribution in [0.15, 0.2) is 82.0 Å². The number of hydrogen-bond acceptors (Lipinski definition) is 7. The second-order valence-corrected chi connectivity index (χ2v) is 12.7. The number of likely N-dealkylation sites (tertiary alicyclic amines) is 1. The van der Waals surface area contributed by atoms with Crippen LogP contribution in [-0.4, -0.2) is 80.4 Å². The molecule has 47 heavy (non-hydrogen) atoms. The van der Waals surface area contributed by atoms with Crippen molar-refractivity contribution in [1.29, 1.82) is 0 Å². The third-order valence-corrected chi connectivity index (χ3v) is 9.12. The third-order valence-electron chi connectivity index (χ3n) is 8.86. The summed E-state index contributed by atoms with van der Waals surface area (Å²) in [6.45, 7) is 3.48. The summed E-state index contributed by atoms with van der Waals surface area (Å²) in [6, 6.07) is 20.7. The Kier molecular flexibility index (Phi) is 9.49. The molecule has 2 fully saturated rings. The standard InChI is InChI=1S/C36H38ClN5O5/c1-39(2)27-13-14-32-28(21-27)31(43)22-33(47-32)35(45)38-29(20-24-9-11-26(37)12-10-24)36(46)41-18-16-40(17-19-41)30-7-4-3-6-25(30)23-42-15-5-8-34(42)44/h3-4,6-7,9-14,21-22,29H,5,8,15-20,23H2,1-2H3,(H,38,45)/t29-/m1/s1. The molecule has 3 amide bonds. The molecular weight excluding hydrogens is 618 g/mol. The number of benzene rings is 3. The molecule has 1 atom stereocenters. The maximum atomic E-state index is 14.0. The number of anilines is 2. The Bertz CT molecular complexity index is 1850. The molecule has 0 radical (unpaired) electrons. The molecule has 244 valence electrons. The van der Waals surface area contributed by atoms with Gasteiger partial charge in [-0.1, -0.05) is 41.9 Å². The minimum atomic E-state index is -0.902. The minimum absolute atomic E-state index is 0.160. The fourth-order valence-corrected chi connectivity index (χ4v) is 6.36. The molecule has 1 N–H and O–H groups in total.